The second-order valence-corrected chi connectivity index (χ2v) is 5.03. The molecule has 0 radical (unpaired) electrons. The maximum absolute atomic E-state index is 11.0. The highest BCUT2D eigenvalue weighted by atomic mass is 32.2. The fourth-order valence-electron chi connectivity index (χ4n) is 1.48. The Bertz CT molecular complexity index is 523. The second kappa shape index (κ2) is 6.42. The lowest BCUT2D eigenvalue weighted by molar-refractivity contribution is -0.116. The zero-order valence-electron chi connectivity index (χ0n) is 10.9. The van der Waals surface area contributed by atoms with Crippen LogP contribution in [0.1, 0.15) is 31.7 Å². The molecule has 100 valence electrons. The average molecular weight is 277 g/mol. The molecule has 2 rings (SSSR count). The third kappa shape index (κ3) is 3.85. The number of nitrogens with one attached hydrogen (secondary N) is 1. The summed E-state index contributed by atoms with van der Waals surface area (Å²) in [7, 11) is 0. The van der Waals surface area contributed by atoms with Gasteiger partial charge in [0.25, 0.3) is 0 Å². The van der Waals surface area contributed by atoms with Crippen LogP contribution in [-0.2, 0) is 11.2 Å². The highest BCUT2D eigenvalue weighted by Gasteiger charge is 2.16. The van der Waals surface area contributed by atoms with Gasteiger partial charge in [-0.2, -0.15) is 5.10 Å². The number of carbonyl (C=O) groups excluding carboxylic acids is 1. The largest absolute Gasteiger partial charge is 0.303 e. The van der Waals surface area contributed by atoms with Crippen LogP contribution >= 0.6 is 11.8 Å². The van der Waals surface area contributed by atoms with E-state index in [9.17, 15) is 4.79 Å². The summed E-state index contributed by atoms with van der Waals surface area (Å²) in [5.74, 6) is 0.360. The minimum absolute atomic E-state index is 0.0414. The number of nitrogens with zero attached hydrogens (tertiary/aromatic N) is 4. The van der Waals surface area contributed by atoms with Crippen molar-refractivity contribution in [3.05, 3.63) is 23.8 Å². The van der Waals surface area contributed by atoms with Crippen LogP contribution in [0.25, 0.3) is 0 Å². The van der Waals surface area contributed by atoms with Crippen LogP contribution < -0.4 is 5.32 Å². The lowest BCUT2D eigenvalue weighted by Crippen LogP contribution is -2.19. The number of thioether (sulfide) groups is 1. The van der Waals surface area contributed by atoms with Crippen LogP contribution in [0.2, 0.25) is 0 Å². The lowest BCUT2D eigenvalue weighted by Gasteiger charge is -2.00. The number of amides is 1. The van der Waals surface area contributed by atoms with Gasteiger partial charge in [-0.3, -0.25) is 14.8 Å². The molecule has 0 spiro atoms. The standard InChI is InChI=1S/C12H15N5OS/c1-3-4-9-5-14-10(6-13-9)8(2)16-17-12-15-11(18)7-19-12/h5-6H,3-4,7H2,1-2H3,(H,15,17,18)/b16-8+. The zero-order chi connectivity index (χ0) is 13.7. The molecule has 1 N–H and O–H groups in total. The molecule has 6 nitrogen and oxygen atoms in total. The summed E-state index contributed by atoms with van der Waals surface area (Å²) in [4.78, 5) is 19.6. The molecule has 0 bridgehead atoms. The first-order valence-electron chi connectivity index (χ1n) is 6.05. The van der Waals surface area contributed by atoms with Gasteiger partial charge >= 0.3 is 0 Å². The molecule has 1 aliphatic rings. The van der Waals surface area contributed by atoms with Gasteiger partial charge < -0.3 is 5.32 Å². The maximum Gasteiger partial charge on any atom is 0.236 e. The van der Waals surface area contributed by atoms with Crippen LogP contribution in [0.4, 0.5) is 0 Å². The van der Waals surface area contributed by atoms with Crippen molar-refractivity contribution >= 4 is 28.5 Å². The Kier molecular flexibility index (Phi) is 4.62. The molecule has 0 atom stereocenters. The van der Waals surface area contributed by atoms with Crippen LogP contribution in [0.5, 0.6) is 0 Å². The summed E-state index contributed by atoms with van der Waals surface area (Å²) in [6.07, 6.45) is 5.43. The summed E-state index contributed by atoms with van der Waals surface area (Å²) in [6.45, 7) is 3.92. The van der Waals surface area contributed by atoms with Gasteiger partial charge in [0, 0.05) is 6.20 Å². The highest BCUT2D eigenvalue weighted by molar-refractivity contribution is 8.15. The van der Waals surface area contributed by atoms with Crippen molar-refractivity contribution in [2.24, 2.45) is 10.2 Å². The first-order chi connectivity index (χ1) is 9.19. The Hall–Kier alpha value is -1.76. The topological polar surface area (TPSA) is 79.6 Å². The van der Waals surface area contributed by atoms with Crippen molar-refractivity contribution < 1.29 is 4.79 Å². The molecule has 0 saturated carbocycles. The molecule has 1 amide bonds. The van der Waals surface area contributed by atoms with E-state index in [-0.39, 0.29) is 5.91 Å². The van der Waals surface area contributed by atoms with Gasteiger partial charge in [0.1, 0.15) is 5.69 Å². The summed E-state index contributed by atoms with van der Waals surface area (Å²) in [5.41, 5.74) is 2.34. The fraction of sp³-hybridized carbons (Fsp3) is 0.417. The third-order valence-electron chi connectivity index (χ3n) is 2.46. The number of hydrogen-bond donors (Lipinski definition) is 1. The van der Waals surface area contributed by atoms with Crippen LogP contribution in [0, 0.1) is 0 Å². The molecule has 19 heavy (non-hydrogen) atoms. The van der Waals surface area contributed by atoms with E-state index >= 15 is 0 Å². The van der Waals surface area contributed by atoms with Crippen LogP contribution in [0.15, 0.2) is 22.6 Å². The molecule has 1 aromatic heterocycles. The minimum atomic E-state index is -0.0414. The van der Waals surface area contributed by atoms with Crippen molar-refractivity contribution in [1.82, 2.24) is 15.3 Å². The average Bonchev–Trinajstić information content (AvgIpc) is 2.83. The number of rotatable bonds is 4. The summed E-state index contributed by atoms with van der Waals surface area (Å²) in [6, 6.07) is 0. The Labute approximate surface area is 115 Å². The number of hydrogen-bond acceptors (Lipinski definition) is 6. The predicted octanol–water partition coefficient (Wildman–Crippen LogP) is 1.37. The van der Waals surface area contributed by atoms with E-state index in [1.54, 1.807) is 12.4 Å². The molecule has 1 aliphatic heterocycles. The molecule has 1 aromatic rings. The third-order valence-corrected chi connectivity index (χ3v) is 3.32. The Morgan fingerprint density at radius 2 is 2.32 bits per heavy atom. The monoisotopic (exact) mass is 277 g/mol. The quantitative estimate of drug-likeness (QED) is 0.666. The van der Waals surface area contributed by atoms with E-state index < -0.39 is 0 Å². The molecule has 7 heteroatoms. The van der Waals surface area contributed by atoms with Gasteiger partial charge in [-0.25, -0.2) is 0 Å². The first-order valence-corrected chi connectivity index (χ1v) is 7.03. The van der Waals surface area contributed by atoms with Crippen molar-refractivity contribution in [2.75, 3.05) is 5.75 Å². The number of aryl methyl sites for hydroxylation is 1. The van der Waals surface area contributed by atoms with Crippen molar-refractivity contribution in [3.63, 3.8) is 0 Å². The summed E-state index contributed by atoms with van der Waals surface area (Å²) in [5, 5.41) is 11.2. The molecular formula is C12H15N5OS. The van der Waals surface area contributed by atoms with Crippen molar-refractivity contribution in [2.45, 2.75) is 26.7 Å². The van der Waals surface area contributed by atoms with Gasteiger partial charge in [-0.05, 0) is 13.3 Å². The van der Waals surface area contributed by atoms with Gasteiger partial charge in [-0.1, -0.05) is 25.1 Å². The van der Waals surface area contributed by atoms with E-state index in [0.29, 0.717) is 22.3 Å². The van der Waals surface area contributed by atoms with Crippen LogP contribution in [-0.4, -0.2) is 32.5 Å². The van der Waals surface area contributed by atoms with Crippen molar-refractivity contribution in [3.8, 4) is 0 Å². The normalized spacial score (nSPS) is 17.9. The molecule has 0 aromatic carbocycles. The molecule has 1 fully saturated rings. The van der Waals surface area contributed by atoms with E-state index in [2.05, 4.69) is 32.4 Å². The van der Waals surface area contributed by atoms with E-state index in [1.807, 2.05) is 6.92 Å². The molecule has 0 aliphatic carbocycles. The maximum atomic E-state index is 11.0. The van der Waals surface area contributed by atoms with Gasteiger partial charge in [0.05, 0.1) is 23.4 Å². The van der Waals surface area contributed by atoms with E-state index in [4.69, 9.17) is 0 Å². The van der Waals surface area contributed by atoms with E-state index in [0.717, 1.165) is 18.5 Å². The Morgan fingerprint density at radius 1 is 1.47 bits per heavy atom. The first kappa shape index (κ1) is 13.7. The van der Waals surface area contributed by atoms with E-state index in [1.165, 1.54) is 11.8 Å². The summed E-state index contributed by atoms with van der Waals surface area (Å²) < 4.78 is 0. The fourth-order valence-corrected chi connectivity index (χ4v) is 2.10. The SMILES string of the molecule is CCCc1cnc(/C(C)=N/N=C2/NC(=O)CS2)cn1. The molecule has 2 heterocycles. The van der Waals surface area contributed by atoms with Gasteiger partial charge in [0.2, 0.25) is 5.91 Å². The predicted molar refractivity (Wildman–Crippen MR) is 76.3 cm³/mol. The minimum Gasteiger partial charge on any atom is -0.303 e. The van der Waals surface area contributed by atoms with Gasteiger partial charge in [-0.15, -0.1) is 5.10 Å². The Morgan fingerprint density at radius 3 is 2.89 bits per heavy atom. The molecule has 1 saturated heterocycles. The number of amidine groups is 1. The molecule has 0 unspecified atom stereocenters. The van der Waals surface area contributed by atoms with Crippen molar-refractivity contribution in [1.29, 1.82) is 0 Å². The molecular weight excluding hydrogens is 262 g/mol. The lowest BCUT2D eigenvalue weighted by atomic mass is 10.2. The Balaban J connectivity index is 2.06. The number of aromatic nitrogens is 2. The smallest absolute Gasteiger partial charge is 0.236 e. The second-order valence-electron chi connectivity index (χ2n) is 4.07. The van der Waals surface area contributed by atoms with Crippen LogP contribution in [0.3, 0.4) is 0 Å². The highest BCUT2D eigenvalue weighted by Crippen LogP contribution is 2.09. The zero-order valence-corrected chi connectivity index (χ0v) is 11.7. The van der Waals surface area contributed by atoms with Gasteiger partial charge in [0.15, 0.2) is 5.17 Å². The summed E-state index contributed by atoms with van der Waals surface area (Å²) >= 11 is 1.34. The number of carbonyl (C=O) groups is 1.